The number of nitrogens with zero attached hydrogens (tertiary/aromatic N) is 1. The maximum absolute atomic E-state index is 10.7. The second kappa shape index (κ2) is 8.73. The van der Waals surface area contributed by atoms with E-state index >= 15 is 0 Å². The number of carbonyl (C=O) groups is 1. The van der Waals surface area contributed by atoms with E-state index in [0.29, 0.717) is 30.2 Å². The van der Waals surface area contributed by atoms with Gasteiger partial charge in [-0.05, 0) is 42.4 Å². The van der Waals surface area contributed by atoms with E-state index in [9.17, 15) is 4.79 Å². The number of ether oxygens (including phenoxy) is 1. The average molecular weight is 290 g/mol. The molecule has 0 saturated heterocycles. The van der Waals surface area contributed by atoms with E-state index in [-0.39, 0.29) is 0 Å². The van der Waals surface area contributed by atoms with E-state index in [4.69, 9.17) is 15.1 Å². The van der Waals surface area contributed by atoms with Crippen LogP contribution >= 0.6 is 11.8 Å². The first-order valence-electron chi connectivity index (χ1n) is 5.89. The number of nitriles is 1. The molecule has 0 radical (unpaired) electrons. The van der Waals surface area contributed by atoms with Gasteiger partial charge in [0.15, 0.2) is 0 Å². The van der Waals surface area contributed by atoms with Gasteiger partial charge in [0.05, 0.1) is 12.4 Å². The van der Waals surface area contributed by atoms with Crippen LogP contribution in [-0.2, 0) is 6.42 Å². The molecule has 0 atom stereocenters. The van der Waals surface area contributed by atoms with Gasteiger partial charge in [-0.3, -0.25) is 5.32 Å². The molecule has 0 aliphatic carbocycles. The fraction of sp³-hybridized carbons (Fsp3) is 0.286. The third-order valence-electron chi connectivity index (χ3n) is 2.24. The zero-order valence-corrected chi connectivity index (χ0v) is 11.8. The van der Waals surface area contributed by atoms with Gasteiger partial charge in [-0.15, -0.1) is 0 Å². The molecule has 1 aromatic rings. The van der Waals surface area contributed by atoms with Gasteiger partial charge < -0.3 is 9.84 Å². The third kappa shape index (κ3) is 5.55. The molecule has 0 aliphatic heterocycles. The predicted molar refractivity (Wildman–Crippen MR) is 78.8 cm³/mol. The normalized spacial score (nSPS) is 9.00. The Balaban J connectivity index is 2.86. The molecule has 104 valence electrons. The van der Waals surface area contributed by atoms with Gasteiger partial charge in [-0.2, -0.15) is 5.26 Å². The lowest BCUT2D eigenvalue weighted by Gasteiger charge is -2.10. The van der Waals surface area contributed by atoms with Crippen LogP contribution < -0.4 is 10.1 Å². The van der Waals surface area contributed by atoms with Crippen LogP contribution in [0.5, 0.6) is 5.75 Å². The molecule has 6 heteroatoms. The number of hydrogen-bond donors (Lipinski definition) is 2. The number of hydrogen-bond acceptors (Lipinski definition) is 4. The molecule has 0 bridgehead atoms. The van der Waals surface area contributed by atoms with Gasteiger partial charge in [0, 0.05) is 12.1 Å². The highest BCUT2D eigenvalue weighted by molar-refractivity contribution is 8.03. The standard InChI is InChI=1S/C14H14N2O3S/c1-2-19-12-6-7-13(16-14(17)18)11(9-12)5-3-4-8-20-10-15/h6-7,9,16H,2,5,8H2,1H3,(H,17,18). The van der Waals surface area contributed by atoms with E-state index < -0.39 is 6.09 Å². The monoisotopic (exact) mass is 290 g/mol. The number of thiocyanates is 1. The zero-order chi connectivity index (χ0) is 14.8. The number of benzene rings is 1. The van der Waals surface area contributed by atoms with Crippen molar-refractivity contribution < 1.29 is 14.6 Å². The number of amides is 1. The summed E-state index contributed by atoms with van der Waals surface area (Å²) in [4.78, 5) is 10.7. The Morgan fingerprint density at radius 1 is 1.50 bits per heavy atom. The summed E-state index contributed by atoms with van der Waals surface area (Å²) in [5, 5.41) is 21.4. The molecule has 5 nitrogen and oxygen atoms in total. The lowest BCUT2D eigenvalue weighted by molar-refractivity contribution is 0.209. The maximum atomic E-state index is 10.7. The Hall–Kier alpha value is -2.31. The van der Waals surface area contributed by atoms with Crippen molar-refractivity contribution in [2.24, 2.45) is 0 Å². The smallest absolute Gasteiger partial charge is 0.409 e. The minimum atomic E-state index is -1.12. The Labute approximate surface area is 121 Å². The lowest BCUT2D eigenvalue weighted by Crippen LogP contribution is -2.09. The van der Waals surface area contributed by atoms with Crippen molar-refractivity contribution in [1.29, 1.82) is 5.26 Å². The van der Waals surface area contributed by atoms with Crippen LogP contribution in [0.25, 0.3) is 0 Å². The van der Waals surface area contributed by atoms with Crippen molar-refractivity contribution in [2.45, 2.75) is 13.3 Å². The molecule has 0 fully saturated rings. The van der Waals surface area contributed by atoms with Crippen molar-refractivity contribution >= 4 is 23.5 Å². The minimum absolute atomic E-state index is 0.391. The van der Waals surface area contributed by atoms with Gasteiger partial charge in [-0.25, -0.2) is 4.79 Å². The molecule has 0 aromatic heterocycles. The molecule has 0 heterocycles. The van der Waals surface area contributed by atoms with E-state index in [0.717, 1.165) is 17.3 Å². The quantitative estimate of drug-likeness (QED) is 0.495. The average Bonchev–Trinajstić information content (AvgIpc) is 2.41. The summed E-state index contributed by atoms with van der Waals surface area (Å²) in [5.41, 5.74) is 1.23. The summed E-state index contributed by atoms with van der Waals surface area (Å²) in [5.74, 6) is 6.86. The molecular weight excluding hydrogens is 276 g/mol. The first kappa shape index (κ1) is 15.7. The number of carboxylic acid groups (broad SMARTS) is 1. The first-order chi connectivity index (χ1) is 9.67. The first-order valence-corrected chi connectivity index (χ1v) is 6.88. The Bertz CT molecular complexity index is 570. The number of nitrogens with one attached hydrogen (secondary N) is 1. The summed E-state index contributed by atoms with van der Waals surface area (Å²) in [6, 6.07) is 5.12. The molecule has 0 aliphatic rings. The summed E-state index contributed by atoms with van der Waals surface area (Å²) in [7, 11) is 0. The highest BCUT2D eigenvalue weighted by atomic mass is 32.2. The van der Waals surface area contributed by atoms with E-state index in [1.807, 2.05) is 12.3 Å². The zero-order valence-electron chi connectivity index (χ0n) is 11.0. The van der Waals surface area contributed by atoms with E-state index in [2.05, 4.69) is 17.2 Å². The number of rotatable bonds is 5. The SMILES string of the molecule is CCOc1ccc(NC(=O)O)c(CC#CCSC#N)c1. The molecule has 0 spiro atoms. The van der Waals surface area contributed by atoms with Crippen LogP contribution in [0.15, 0.2) is 18.2 Å². The third-order valence-corrected chi connectivity index (χ3v) is 2.66. The predicted octanol–water partition coefficient (Wildman–Crippen LogP) is 2.94. The minimum Gasteiger partial charge on any atom is -0.494 e. The van der Waals surface area contributed by atoms with Crippen molar-refractivity contribution in [3.63, 3.8) is 0 Å². The van der Waals surface area contributed by atoms with Crippen molar-refractivity contribution in [3.8, 4) is 23.0 Å². The van der Waals surface area contributed by atoms with Gasteiger partial charge in [0.25, 0.3) is 0 Å². The number of anilines is 1. The van der Waals surface area contributed by atoms with Crippen molar-refractivity contribution in [2.75, 3.05) is 17.7 Å². The highest BCUT2D eigenvalue weighted by Gasteiger charge is 2.06. The Kier molecular flexibility index (Phi) is 6.88. The van der Waals surface area contributed by atoms with E-state index in [1.54, 1.807) is 18.2 Å². The van der Waals surface area contributed by atoms with Gasteiger partial charge >= 0.3 is 6.09 Å². The van der Waals surface area contributed by atoms with Gasteiger partial charge in [-0.1, -0.05) is 11.8 Å². The fourth-order valence-electron chi connectivity index (χ4n) is 1.49. The van der Waals surface area contributed by atoms with Crippen LogP contribution in [0.1, 0.15) is 12.5 Å². The summed E-state index contributed by atoms with van der Waals surface area (Å²) < 4.78 is 5.38. The molecule has 0 unspecified atom stereocenters. The second-order valence-corrected chi connectivity index (χ2v) is 4.35. The van der Waals surface area contributed by atoms with Crippen LogP contribution in [0.4, 0.5) is 10.5 Å². The van der Waals surface area contributed by atoms with E-state index in [1.165, 1.54) is 0 Å². The van der Waals surface area contributed by atoms with Crippen LogP contribution in [0.2, 0.25) is 0 Å². The topological polar surface area (TPSA) is 82.3 Å². The summed E-state index contributed by atoms with van der Waals surface area (Å²) >= 11 is 1.07. The Morgan fingerprint density at radius 2 is 2.30 bits per heavy atom. The molecule has 0 saturated carbocycles. The van der Waals surface area contributed by atoms with Crippen molar-refractivity contribution in [3.05, 3.63) is 23.8 Å². The molecule has 1 aromatic carbocycles. The highest BCUT2D eigenvalue weighted by Crippen LogP contribution is 2.22. The summed E-state index contributed by atoms with van der Waals surface area (Å²) in [6.45, 7) is 2.41. The fourth-order valence-corrected chi connectivity index (χ4v) is 1.73. The molecular formula is C14H14N2O3S. The summed E-state index contributed by atoms with van der Waals surface area (Å²) in [6.07, 6.45) is -0.730. The Morgan fingerprint density at radius 3 is 2.95 bits per heavy atom. The molecule has 1 amide bonds. The van der Waals surface area contributed by atoms with Crippen LogP contribution in [0, 0.1) is 22.5 Å². The second-order valence-electron chi connectivity index (χ2n) is 3.59. The lowest BCUT2D eigenvalue weighted by atomic mass is 10.1. The maximum Gasteiger partial charge on any atom is 0.409 e. The molecule has 1 rings (SSSR count). The molecule has 20 heavy (non-hydrogen) atoms. The van der Waals surface area contributed by atoms with Crippen LogP contribution in [-0.4, -0.2) is 23.6 Å². The largest absolute Gasteiger partial charge is 0.494 e. The van der Waals surface area contributed by atoms with Gasteiger partial charge in [0.2, 0.25) is 0 Å². The van der Waals surface area contributed by atoms with Crippen molar-refractivity contribution in [1.82, 2.24) is 0 Å². The number of thioether (sulfide) groups is 1. The van der Waals surface area contributed by atoms with Crippen LogP contribution in [0.3, 0.4) is 0 Å². The van der Waals surface area contributed by atoms with Gasteiger partial charge in [0.1, 0.15) is 11.2 Å². The molecule has 2 N–H and O–H groups in total.